The lowest BCUT2D eigenvalue weighted by molar-refractivity contribution is -0.137. The van der Waals surface area contributed by atoms with E-state index in [9.17, 15) is 9.59 Å². The van der Waals surface area contributed by atoms with Crippen LogP contribution < -0.4 is 0 Å². The fourth-order valence-electron chi connectivity index (χ4n) is 2.46. The van der Waals surface area contributed by atoms with E-state index in [2.05, 4.69) is 0 Å². The van der Waals surface area contributed by atoms with Crippen LogP contribution in [0.3, 0.4) is 0 Å². The number of carbonyl (C=O) groups is 2. The SMILES string of the molecule is CN(CCCC(=O)O)C(=O)N(C)C1CCCCC1. The molecule has 0 atom stereocenters. The summed E-state index contributed by atoms with van der Waals surface area (Å²) >= 11 is 0. The van der Waals surface area contributed by atoms with Gasteiger partial charge in [0.05, 0.1) is 0 Å². The summed E-state index contributed by atoms with van der Waals surface area (Å²) < 4.78 is 0. The first-order valence-electron chi connectivity index (χ1n) is 6.72. The van der Waals surface area contributed by atoms with Gasteiger partial charge >= 0.3 is 12.0 Å². The van der Waals surface area contributed by atoms with Crippen LogP contribution in [0.5, 0.6) is 0 Å². The molecule has 18 heavy (non-hydrogen) atoms. The van der Waals surface area contributed by atoms with Crippen molar-refractivity contribution in [1.29, 1.82) is 0 Å². The lowest BCUT2D eigenvalue weighted by Gasteiger charge is -2.34. The molecule has 0 saturated heterocycles. The molecule has 0 aromatic heterocycles. The van der Waals surface area contributed by atoms with Crippen LogP contribution in [0, 0.1) is 0 Å². The minimum atomic E-state index is -0.809. The number of rotatable bonds is 5. The normalized spacial score (nSPS) is 16.3. The second-order valence-electron chi connectivity index (χ2n) is 5.10. The van der Waals surface area contributed by atoms with Gasteiger partial charge in [0, 0.05) is 33.1 Å². The Hall–Kier alpha value is -1.26. The number of amides is 2. The summed E-state index contributed by atoms with van der Waals surface area (Å²) in [5.41, 5.74) is 0. The first kappa shape index (κ1) is 14.8. The number of urea groups is 1. The molecule has 0 radical (unpaired) electrons. The third kappa shape index (κ3) is 4.55. The van der Waals surface area contributed by atoms with Gasteiger partial charge in [-0.05, 0) is 19.3 Å². The number of carbonyl (C=O) groups excluding carboxylic acids is 1. The van der Waals surface area contributed by atoms with Crippen LogP contribution in [-0.4, -0.2) is 53.6 Å². The molecule has 0 heterocycles. The van der Waals surface area contributed by atoms with Gasteiger partial charge in [-0.25, -0.2) is 4.79 Å². The monoisotopic (exact) mass is 256 g/mol. The fraction of sp³-hybridized carbons (Fsp3) is 0.846. The zero-order valence-corrected chi connectivity index (χ0v) is 11.4. The maximum Gasteiger partial charge on any atom is 0.319 e. The van der Waals surface area contributed by atoms with Gasteiger partial charge in [0.1, 0.15) is 0 Å². The van der Waals surface area contributed by atoms with Gasteiger partial charge in [-0.3, -0.25) is 4.79 Å². The van der Waals surface area contributed by atoms with Gasteiger partial charge < -0.3 is 14.9 Å². The number of hydrogen-bond donors (Lipinski definition) is 1. The van der Waals surface area contributed by atoms with Crippen molar-refractivity contribution < 1.29 is 14.7 Å². The smallest absolute Gasteiger partial charge is 0.319 e. The van der Waals surface area contributed by atoms with Crippen LogP contribution in [0.1, 0.15) is 44.9 Å². The predicted molar refractivity (Wildman–Crippen MR) is 69.5 cm³/mol. The third-order valence-electron chi connectivity index (χ3n) is 3.63. The molecule has 0 unspecified atom stereocenters. The zero-order chi connectivity index (χ0) is 13.5. The van der Waals surface area contributed by atoms with Crippen molar-refractivity contribution in [2.75, 3.05) is 20.6 Å². The largest absolute Gasteiger partial charge is 0.481 e. The van der Waals surface area contributed by atoms with E-state index in [0.29, 0.717) is 19.0 Å². The summed E-state index contributed by atoms with van der Waals surface area (Å²) in [5, 5.41) is 8.56. The minimum Gasteiger partial charge on any atom is -0.481 e. The maximum absolute atomic E-state index is 12.1. The maximum atomic E-state index is 12.1. The zero-order valence-electron chi connectivity index (χ0n) is 11.4. The molecule has 1 aliphatic carbocycles. The van der Waals surface area contributed by atoms with Crippen LogP contribution in [0.25, 0.3) is 0 Å². The summed E-state index contributed by atoms with van der Waals surface area (Å²) in [6.07, 6.45) is 6.47. The number of carboxylic acid groups (broad SMARTS) is 1. The summed E-state index contributed by atoms with van der Waals surface area (Å²) in [4.78, 5) is 26.0. The number of hydrogen-bond acceptors (Lipinski definition) is 2. The Balaban J connectivity index is 2.34. The number of aliphatic carboxylic acids is 1. The van der Waals surface area contributed by atoms with E-state index in [0.717, 1.165) is 12.8 Å². The number of nitrogens with zero attached hydrogens (tertiary/aromatic N) is 2. The van der Waals surface area contributed by atoms with Crippen molar-refractivity contribution in [3.63, 3.8) is 0 Å². The van der Waals surface area contributed by atoms with E-state index in [1.54, 1.807) is 11.9 Å². The third-order valence-corrected chi connectivity index (χ3v) is 3.63. The Kier molecular flexibility index (Phi) is 5.95. The molecule has 1 saturated carbocycles. The van der Waals surface area contributed by atoms with E-state index in [1.807, 2.05) is 11.9 Å². The molecular weight excluding hydrogens is 232 g/mol. The topological polar surface area (TPSA) is 60.9 Å². The molecule has 5 heteroatoms. The van der Waals surface area contributed by atoms with Gasteiger partial charge in [0.15, 0.2) is 0 Å². The standard InChI is InChI=1S/C13H24N2O3/c1-14(10-6-9-12(16)17)13(18)15(2)11-7-4-3-5-8-11/h11H,3-10H2,1-2H3,(H,16,17). The Morgan fingerprint density at radius 2 is 1.78 bits per heavy atom. The molecule has 0 aliphatic heterocycles. The van der Waals surface area contributed by atoms with Crippen LogP contribution in [0.2, 0.25) is 0 Å². The summed E-state index contributed by atoms with van der Waals surface area (Å²) in [5.74, 6) is -0.809. The first-order chi connectivity index (χ1) is 8.52. The lowest BCUT2D eigenvalue weighted by atomic mass is 9.95. The number of carboxylic acids is 1. The highest BCUT2D eigenvalue weighted by atomic mass is 16.4. The highest BCUT2D eigenvalue weighted by molar-refractivity contribution is 5.74. The summed E-state index contributed by atoms with van der Waals surface area (Å²) in [6.45, 7) is 0.502. The van der Waals surface area contributed by atoms with Gasteiger partial charge in [-0.15, -0.1) is 0 Å². The molecule has 1 N–H and O–H groups in total. The predicted octanol–water partition coefficient (Wildman–Crippen LogP) is 2.17. The summed E-state index contributed by atoms with van der Waals surface area (Å²) in [6, 6.07) is 0.362. The molecular formula is C13H24N2O3. The molecule has 1 aliphatic rings. The molecule has 1 rings (SSSR count). The highest BCUT2D eigenvalue weighted by Gasteiger charge is 2.23. The molecule has 5 nitrogen and oxygen atoms in total. The second kappa shape index (κ2) is 7.24. The molecule has 0 spiro atoms. The fourth-order valence-corrected chi connectivity index (χ4v) is 2.46. The molecule has 1 fully saturated rings. The quantitative estimate of drug-likeness (QED) is 0.820. The first-order valence-corrected chi connectivity index (χ1v) is 6.72. The summed E-state index contributed by atoms with van der Waals surface area (Å²) in [7, 11) is 3.59. The highest BCUT2D eigenvalue weighted by Crippen LogP contribution is 2.22. The Morgan fingerprint density at radius 3 is 2.33 bits per heavy atom. The van der Waals surface area contributed by atoms with Crippen molar-refractivity contribution >= 4 is 12.0 Å². The minimum absolute atomic E-state index is 0.00675. The van der Waals surface area contributed by atoms with Crippen molar-refractivity contribution in [3.05, 3.63) is 0 Å². The molecule has 0 aromatic rings. The molecule has 2 amide bonds. The van der Waals surface area contributed by atoms with Crippen LogP contribution in [0.4, 0.5) is 4.79 Å². The second-order valence-corrected chi connectivity index (χ2v) is 5.10. The van der Waals surface area contributed by atoms with Crippen LogP contribution in [-0.2, 0) is 4.79 Å². The van der Waals surface area contributed by atoms with E-state index >= 15 is 0 Å². The van der Waals surface area contributed by atoms with Crippen molar-refractivity contribution in [2.45, 2.75) is 51.0 Å². The van der Waals surface area contributed by atoms with Crippen molar-refractivity contribution in [1.82, 2.24) is 9.80 Å². The van der Waals surface area contributed by atoms with E-state index in [1.165, 1.54) is 19.3 Å². The lowest BCUT2D eigenvalue weighted by Crippen LogP contribution is -2.45. The molecule has 0 aromatic carbocycles. The van der Waals surface area contributed by atoms with Crippen LogP contribution in [0.15, 0.2) is 0 Å². The van der Waals surface area contributed by atoms with Gasteiger partial charge in [-0.2, -0.15) is 0 Å². The Bertz CT molecular complexity index is 288. The van der Waals surface area contributed by atoms with Crippen molar-refractivity contribution in [3.8, 4) is 0 Å². The molecule has 104 valence electrons. The van der Waals surface area contributed by atoms with Gasteiger partial charge in [0.25, 0.3) is 0 Å². The van der Waals surface area contributed by atoms with Gasteiger partial charge in [0.2, 0.25) is 0 Å². The van der Waals surface area contributed by atoms with Crippen molar-refractivity contribution in [2.24, 2.45) is 0 Å². The van der Waals surface area contributed by atoms with Gasteiger partial charge in [-0.1, -0.05) is 19.3 Å². The molecule has 0 bridgehead atoms. The van der Waals surface area contributed by atoms with E-state index < -0.39 is 5.97 Å². The Labute approximate surface area is 109 Å². The Morgan fingerprint density at radius 1 is 1.17 bits per heavy atom. The van der Waals surface area contributed by atoms with Crippen LogP contribution >= 0.6 is 0 Å². The average Bonchev–Trinajstić information content (AvgIpc) is 2.37. The van der Waals surface area contributed by atoms with E-state index in [-0.39, 0.29) is 12.5 Å². The average molecular weight is 256 g/mol. The van der Waals surface area contributed by atoms with E-state index in [4.69, 9.17) is 5.11 Å².